The molecule has 0 bridgehead atoms. The summed E-state index contributed by atoms with van der Waals surface area (Å²) in [7, 11) is 2.01. The predicted molar refractivity (Wildman–Crippen MR) is 49.9 cm³/mol. The molecule has 1 aliphatic heterocycles. The lowest BCUT2D eigenvalue weighted by Crippen LogP contribution is -3.12. The summed E-state index contributed by atoms with van der Waals surface area (Å²) in [5.41, 5.74) is 1.91. The summed E-state index contributed by atoms with van der Waals surface area (Å²) < 4.78 is 0. The lowest BCUT2D eigenvalue weighted by molar-refractivity contribution is -0.671. The minimum Gasteiger partial charge on any atom is -0.282 e. The van der Waals surface area contributed by atoms with Crippen molar-refractivity contribution in [2.45, 2.75) is 13.8 Å². The van der Waals surface area contributed by atoms with Crippen molar-refractivity contribution in [3.63, 3.8) is 0 Å². The standard InChI is InChI=1S/C8H11N5/c1-5-4-7(11-9-5)8-12-10-6(2)13(8)3/h4H,1-3H3,(H,9,11)/p+1. The first-order valence-electron chi connectivity index (χ1n) is 4.17. The van der Waals surface area contributed by atoms with Crippen LogP contribution in [0.5, 0.6) is 0 Å². The Morgan fingerprint density at radius 1 is 1.31 bits per heavy atom. The highest BCUT2D eigenvalue weighted by molar-refractivity contribution is 5.98. The number of amidine groups is 2. The molecular weight excluding hydrogens is 166 g/mol. The highest BCUT2D eigenvalue weighted by atomic mass is 15.4. The van der Waals surface area contributed by atoms with Crippen molar-refractivity contribution in [2.24, 2.45) is 10.2 Å². The fraction of sp³-hybridized carbons (Fsp3) is 0.375. The topological polar surface area (TPSA) is 57.8 Å². The Kier molecular flexibility index (Phi) is 1.73. The van der Waals surface area contributed by atoms with Crippen molar-refractivity contribution in [3.05, 3.63) is 17.5 Å². The summed E-state index contributed by atoms with van der Waals surface area (Å²) in [6.07, 6.45) is 0. The van der Waals surface area contributed by atoms with E-state index in [1.165, 1.54) is 0 Å². The van der Waals surface area contributed by atoms with Crippen molar-refractivity contribution < 1.29 is 4.90 Å². The number of hydrogen-bond donors (Lipinski definition) is 2. The summed E-state index contributed by atoms with van der Waals surface area (Å²) in [6.45, 7) is 3.92. The van der Waals surface area contributed by atoms with E-state index in [4.69, 9.17) is 0 Å². The van der Waals surface area contributed by atoms with E-state index in [0.29, 0.717) is 0 Å². The summed E-state index contributed by atoms with van der Waals surface area (Å²) in [5.74, 6) is 1.84. The third kappa shape index (κ3) is 1.27. The lowest BCUT2D eigenvalue weighted by Gasteiger charge is -2.03. The molecule has 68 valence electrons. The van der Waals surface area contributed by atoms with E-state index < -0.39 is 0 Å². The second kappa shape index (κ2) is 2.77. The molecule has 5 nitrogen and oxygen atoms in total. The smallest absolute Gasteiger partial charge is 0.279 e. The zero-order valence-electron chi connectivity index (χ0n) is 7.92. The first-order valence-corrected chi connectivity index (χ1v) is 4.17. The maximum Gasteiger partial charge on any atom is 0.279 e. The third-order valence-electron chi connectivity index (χ3n) is 2.15. The molecule has 0 fully saturated rings. The maximum absolute atomic E-state index is 4.13. The normalized spacial score (nSPS) is 21.6. The molecule has 0 aliphatic carbocycles. The molecule has 1 unspecified atom stereocenters. The molecule has 0 saturated heterocycles. The number of aryl methyl sites for hydroxylation is 1. The minimum atomic E-state index is 0.871. The van der Waals surface area contributed by atoms with Gasteiger partial charge in [-0.15, -0.1) is 0 Å². The van der Waals surface area contributed by atoms with Gasteiger partial charge >= 0.3 is 0 Å². The van der Waals surface area contributed by atoms with Crippen LogP contribution in [-0.2, 0) is 0 Å². The van der Waals surface area contributed by atoms with Crippen LogP contribution in [0.2, 0.25) is 0 Å². The zero-order chi connectivity index (χ0) is 9.42. The molecule has 1 aliphatic rings. The molecule has 0 aromatic carbocycles. The second-order valence-electron chi connectivity index (χ2n) is 3.20. The van der Waals surface area contributed by atoms with Gasteiger partial charge in [-0.05, 0) is 13.0 Å². The van der Waals surface area contributed by atoms with Crippen LogP contribution in [0, 0.1) is 6.92 Å². The van der Waals surface area contributed by atoms with Gasteiger partial charge in [0.25, 0.3) is 5.84 Å². The van der Waals surface area contributed by atoms with E-state index >= 15 is 0 Å². The number of rotatable bonds is 1. The molecule has 1 aromatic rings. The van der Waals surface area contributed by atoms with E-state index in [-0.39, 0.29) is 0 Å². The Hall–Kier alpha value is -1.49. The van der Waals surface area contributed by atoms with Crippen molar-refractivity contribution in [1.82, 2.24) is 10.2 Å². The van der Waals surface area contributed by atoms with Crippen molar-refractivity contribution in [3.8, 4) is 0 Å². The van der Waals surface area contributed by atoms with Gasteiger partial charge in [-0.25, -0.2) is 4.90 Å². The molecule has 0 amide bonds. The Labute approximate surface area is 76.2 Å². The van der Waals surface area contributed by atoms with Gasteiger partial charge < -0.3 is 0 Å². The molecule has 0 radical (unpaired) electrons. The first kappa shape index (κ1) is 8.12. The zero-order valence-corrected chi connectivity index (χ0v) is 7.92. The van der Waals surface area contributed by atoms with Gasteiger partial charge in [0.2, 0.25) is 5.84 Å². The Morgan fingerprint density at radius 2 is 2.08 bits per heavy atom. The number of aromatic amines is 1. The molecule has 2 N–H and O–H groups in total. The summed E-state index contributed by atoms with van der Waals surface area (Å²) >= 11 is 0. The van der Waals surface area contributed by atoms with Gasteiger partial charge in [-0.3, -0.25) is 5.10 Å². The summed E-state index contributed by atoms with van der Waals surface area (Å²) in [5, 5.41) is 15.1. The van der Waals surface area contributed by atoms with Crippen LogP contribution in [0.25, 0.3) is 0 Å². The van der Waals surface area contributed by atoms with Crippen LogP contribution < -0.4 is 4.90 Å². The van der Waals surface area contributed by atoms with E-state index in [9.17, 15) is 0 Å². The van der Waals surface area contributed by atoms with Gasteiger partial charge in [-0.1, -0.05) is 10.2 Å². The van der Waals surface area contributed by atoms with E-state index in [1.807, 2.05) is 27.0 Å². The first-order chi connectivity index (χ1) is 6.18. The maximum atomic E-state index is 4.13. The SMILES string of the molecule is CC1=NN=C(c2cc(C)[nH]n2)[NH+]1C. The molecule has 0 spiro atoms. The Morgan fingerprint density at radius 3 is 2.54 bits per heavy atom. The lowest BCUT2D eigenvalue weighted by atomic mass is 10.3. The minimum absolute atomic E-state index is 0.871. The monoisotopic (exact) mass is 178 g/mol. The van der Waals surface area contributed by atoms with Gasteiger partial charge in [0, 0.05) is 12.6 Å². The number of nitrogens with zero attached hydrogens (tertiary/aromatic N) is 3. The van der Waals surface area contributed by atoms with Gasteiger partial charge in [0.1, 0.15) is 0 Å². The number of nitrogens with one attached hydrogen (secondary N) is 2. The number of quaternary nitrogens is 1. The fourth-order valence-electron chi connectivity index (χ4n) is 1.23. The van der Waals surface area contributed by atoms with Crippen LogP contribution in [0.4, 0.5) is 0 Å². The van der Waals surface area contributed by atoms with Gasteiger partial charge in [0.05, 0.1) is 7.05 Å². The highest BCUT2D eigenvalue weighted by Gasteiger charge is 2.25. The van der Waals surface area contributed by atoms with Crippen molar-refractivity contribution >= 4 is 11.7 Å². The quantitative estimate of drug-likeness (QED) is 0.588. The molecule has 1 aromatic heterocycles. The van der Waals surface area contributed by atoms with E-state index in [1.54, 1.807) is 0 Å². The highest BCUT2D eigenvalue weighted by Crippen LogP contribution is 1.99. The Balaban J connectivity index is 2.31. The summed E-state index contributed by atoms with van der Waals surface area (Å²) in [4.78, 5) is 1.10. The molecule has 2 rings (SSSR count). The largest absolute Gasteiger partial charge is 0.282 e. The van der Waals surface area contributed by atoms with E-state index in [2.05, 4.69) is 20.4 Å². The molecule has 0 saturated carbocycles. The van der Waals surface area contributed by atoms with Crippen LogP contribution >= 0.6 is 0 Å². The fourth-order valence-corrected chi connectivity index (χ4v) is 1.23. The Bertz CT molecular complexity index is 387. The van der Waals surface area contributed by atoms with Crippen LogP contribution in [-0.4, -0.2) is 28.9 Å². The molecule has 13 heavy (non-hydrogen) atoms. The molecular formula is C8H12N5+. The van der Waals surface area contributed by atoms with E-state index in [0.717, 1.165) is 28.0 Å². The number of aromatic nitrogens is 2. The molecule has 1 atom stereocenters. The third-order valence-corrected chi connectivity index (χ3v) is 2.15. The average Bonchev–Trinajstić information content (AvgIpc) is 2.62. The summed E-state index contributed by atoms with van der Waals surface area (Å²) in [6, 6.07) is 1.97. The average molecular weight is 178 g/mol. The van der Waals surface area contributed by atoms with Crippen LogP contribution in [0.3, 0.4) is 0 Å². The number of H-pyrrole nitrogens is 1. The van der Waals surface area contributed by atoms with Gasteiger partial charge in [-0.2, -0.15) is 5.10 Å². The van der Waals surface area contributed by atoms with Crippen LogP contribution in [0.1, 0.15) is 18.3 Å². The van der Waals surface area contributed by atoms with Crippen LogP contribution in [0.15, 0.2) is 16.3 Å². The van der Waals surface area contributed by atoms with Crippen molar-refractivity contribution in [1.29, 1.82) is 0 Å². The molecule has 2 heterocycles. The molecule has 5 heteroatoms. The van der Waals surface area contributed by atoms with Gasteiger partial charge in [0.15, 0.2) is 5.69 Å². The number of hydrogen-bond acceptors (Lipinski definition) is 3. The van der Waals surface area contributed by atoms with Crippen molar-refractivity contribution in [2.75, 3.05) is 7.05 Å². The predicted octanol–water partition coefficient (Wildman–Crippen LogP) is -0.674. The second-order valence-corrected chi connectivity index (χ2v) is 3.20.